The first-order chi connectivity index (χ1) is 10.0. The Morgan fingerprint density at radius 2 is 2.00 bits per heavy atom. The zero-order chi connectivity index (χ0) is 15.4. The molecule has 0 aliphatic heterocycles. The number of benzene rings is 2. The van der Waals surface area contributed by atoms with Crippen molar-refractivity contribution in [2.75, 3.05) is 0 Å². The van der Waals surface area contributed by atoms with Crippen LogP contribution in [-0.2, 0) is 0 Å². The summed E-state index contributed by atoms with van der Waals surface area (Å²) in [5.41, 5.74) is 6.55. The molecular weight excluding hydrogens is 270 g/mol. The molecule has 0 saturated carbocycles. The number of nitrogens with two attached hydrogens (primary N) is 1. The third-order valence-electron chi connectivity index (χ3n) is 2.91. The Labute approximate surface area is 121 Å². The van der Waals surface area contributed by atoms with E-state index >= 15 is 0 Å². The lowest BCUT2D eigenvalue weighted by molar-refractivity contribution is -0.385. The van der Waals surface area contributed by atoms with Gasteiger partial charge in [0.15, 0.2) is 0 Å². The van der Waals surface area contributed by atoms with Crippen LogP contribution in [0.25, 0.3) is 0 Å². The fourth-order valence-corrected chi connectivity index (χ4v) is 1.88. The molecule has 0 heterocycles. The van der Waals surface area contributed by atoms with E-state index in [0.717, 1.165) is 5.56 Å². The predicted octanol–water partition coefficient (Wildman–Crippen LogP) is 3.28. The van der Waals surface area contributed by atoms with Crippen molar-refractivity contribution in [3.05, 3.63) is 63.7 Å². The van der Waals surface area contributed by atoms with Crippen LogP contribution in [0.1, 0.15) is 24.1 Å². The molecule has 2 aromatic rings. The summed E-state index contributed by atoms with van der Waals surface area (Å²) in [6.45, 7) is 1.80. The van der Waals surface area contributed by atoms with Crippen molar-refractivity contribution >= 4 is 5.69 Å². The summed E-state index contributed by atoms with van der Waals surface area (Å²) in [5, 5.41) is 19.9. The summed E-state index contributed by atoms with van der Waals surface area (Å²) in [6.07, 6.45) is 0. The van der Waals surface area contributed by atoms with Gasteiger partial charge in [-0.15, -0.1) is 0 Å². The first kappa shape index (κ1) is 14.5. The van der Waals surface area contributed by atoms with Crippen molar-refractivity contribution in [1.82, 2.24) is 0 Å². The Morgan fingerprint density at radius 1 is 1.29 bits per heavy atom. The number of nitriles is 1. The smallest absolute Gasteiger partial charge is 0.312 e. The minimum atomic E-state index is -0.579. The second-order valence-electron chi connectivity index (χ2n) is 4.48. The normalized spacial score (nSPS) is 11.5. The molecule has 106 valence electrons. The average molecular weight is 283 g/mol. The minimum Gasteiger partial charge on any atom is -0.450 e. The van der Waals surface area contributed by atoms with Crippen LogP contribution >= 0.6 is 0 Å². The second-order valence-corrected chi connectivity index (χ2v) is 4.48. The van der Waals surface area contributed by atoms with E-state index in [1.54, 1.807) is 25.1 Å². The number of hydrogen-bond acceptors (Lipinski definition) is 5. The maximum Gasteiger partial charge on any atom is 0.312 e. The zero-order valence-electron chi connectivity index (χ0n) is 11.3. The SMILES string of the molecule is C[C@H](N)c1ccccc1Oc1ccc(C#N)cc1[N+](=O)[O-]. The zero-order valence-corrected chi connectivity index (χ0v) is 11.3. The van der Waals surface area contributed by atoms with Crippen LogP contribution in [0, 0.1) is 21.4 Å². The van der Waals surface area contributed by atoms with E-state index in [0.29, 0.717) is 5.75 Å². The van der Waals surface area contributed by atoms with Gasteiger partial charge in [0, 0.05) is 17.7 Å². The molecule has 0 fully saturated rings. The van der Waals surface area contributed by atoms with E-state index in [1.807, 2.05) is 12.1 Å². The largest absolute Gasteiger partial charge is 0.450 e. The maximum absolute atomic E-state index is 11.1. The summed E-state index contributed by atoms with van der Waals surface area (Å²) in [6, 6.07) is 12.7. The Morgan fingerprint density at radius 3 is 2.62 bits per heavy atom. The van der Waals surface area contributed by atoms with Gasteiger partial charge in [-0.25, -0.2) is 0 Å². The van der Waals surface area contributed by atoms with Crippen LogP contribution in [0.2, 0.25) is 0 Å². The molecule has 0 saturated heterocycles. The molecule has 2 N–H and O–H groups in total. The lowest BCUT2D eigenvalue weighted by atomic mass is 10.1. The molecule has 0 aromatic heterocycles. The number of nitro groups is 1. The van der Waals surface area contributed by atoms with E-state index in [4.69, 9.17) is 15.7 Å². The molecule has 0 unspecified atom stereocenters. The van der Waals surface area contributed by atoms with Crippen LogP contribution in [0.4, 0.5) is 5.69 Å². The van der Waals surface area contributed by atoms with Gasteiger partial charge >= 0.3 is 5.69 Å². The Hall–Kier alpha value is -2.91. The molecule has 2 aromatic carbocycles. The van der Waals surface area contributed by atoms with Crippen LogP contribution in [-0.4, -0.2) is 4.92 Å². The van der Waals surface area contributed by atoms with Crippen molar-refractivity contribution in [3.8, 4) is 17.6 Å². The van der Waals surface area contributed by atoms with Crippen molar-refractivity contribution < 1.29 is 9.66 Å². The molecule has 0 aliphatic rings. The van der Waals surface area contributed by atoms with E-state index in [-0.39, 0.29) is 23.0 Å². The van der Waals surface area contributed by atoms with Gasteiger partial charge in [0.2, 0.25) is 5.75 Å². The number of para-hydroxylation sites is 1. The first-order valence-electron chi connectivity index (χ1n) is 6.24. The Kier molecular flexibility index (Phi) is 4.16. The molecule has 6 heteroatoms. The molecule has 1 atom stereocenters. The molecule has 0 aliphatic carbocycles. The van der Waals surface area contributed by atoms with Gasteiger partial charge < -0.3 is 10.5 Å². The molecular formula is C15H13N3O3. The average Bonchev–Trinajstić information content (AvgIpc) is 2.47. The third kappa shape index (κ3) is 3.16. The lowest BCUT2D eigenvalue weighted by Crippen LogP contribution is -2.06. The van der Waals surface area contributed by atoms with Gasteiger partial charge in [-0.05, 0) is 25.1 Å². The van der Waals surface area contributed by atoms with Crippen LogP contribution < -0.4 is 10.5 Å². The standard InChI is InChI=1S/C15H13N3O3/c1-10(17)12-4-2-3-5-14(12)21-15-7-6-11(9-16)8-13(15)18(19)20/h2-8,10H,17H2,1H3/t10-/m0/s1. The monoisotopic (exact) mass is 283 g/mol. The molecule has 6 nitrogen and oxygen atoms in total. The fourth-order valence-electron chi connectivity index (χ4n) is 1.88. The highest BCUT2D eigenvalue weighted by atomic mass is 16.6. The van der Waals surface area contributed by atoms with Crippen LogP contribution in [0.15, 0.2) is 42.5 Å². The van der Waals surface area contributed by atoms with Gasteiger partial charge in [0.25, 0.3) is 0 Å². The predicted molar refractivity (Wildman–Crippen MR) is 76.9 cm³/mol. The van der Waals surface area contributed by atoms with Crippen molar-refractivity contribution in [3.63, 3.8) is 0 Å². The highest BCUT2D eigenvalue weighted by molar-refractivity contribution is 5.54. The molecule has 21 heavy (non-hydrogen) atoms. The van der Waals surface area contributed by atoms with Gasteiger partial charge in [-0.1, -0.05) is 18.2 Å². The van der Waals surface area contributed by atoms with Gasteiger partial charge in [0.1, 0.15) is 5.75 Å². The van der Waals surface area contributed by atoms with Gasteiger partial charge in [-0.2, -0.15) is 5.26 Å². The second kappa shape index (κ2) is 6.03. The van der Waals surface area contributed by atoms with E-state index in [9.17, 15) is 10.1 Å². The summed E-state index contributed by atoms with van der Waals surface area (Å²) < 4.78 is 5.63. The Bertz CT molecular complexity index is 720. The number of nitro benzene ring substituents is 1. The number of rotatable bonds is 4. The van der Waals surface area contributed by atoms with E-state index in [1.165, 1.54) is 18.2 Å². The summed E-state index contributed by atoms with van der Waals surface area (Å²) in [5.74, 6) is 0.535. The Balaban J connectivity index is 2.45. The fraction of sp³-hybridized carbons (Fsp3) is 0.133. The number of ether oxygens (including phenoxy) is 1. The third-order valence-corrected chi connectivity index (χ3v) is 2.91. The molecule has 0 spiro atoms. The lowest BCUT2D eigenvalue weighted by Gasteiger charge is -2.13. The highest BCUT2D eigenvalue weighted by Crippen LogP contribution is 2.34. The molecule has 0 amide bonds. The molecule has 0 radical (unpaired) electrons. The first-order valence-corrected chi connectivity index (χ1v) is 6.24. The quantitative estimate of drug-likeness (QED) is 0.685. The van der Waals surface area contributed by atoms with Crippen LogP contribution in [0.3, 0.4) is 0 Å². The van der Waals surface area contributed by atoms with Crippen molar-refractivity contribution in [2.45, 2.75) is 13.0 Å². The van der Waals surface area contributed by atoms with Crippen LogP contribution in [0.5, 0.6) is 11.5 Å². The van der Waals surface area contributed by atoms with Gasteiger partial charge in [-0.3, -0.25) is 10.1 Å². The number of hydrogen-bond donors (Lipinski definition) is 1. The molecule has 2 rings (SSSR count). The van der Waals surface area contributed by atoms with Crippen molar-refractivity contribution in [2.24, 2.45) is 5.73 Å². The number of nitrogens with zero attached hydrogens (tertiary/aromatic N) is 2. The van der Waals surface area contributed by atoms with Crippen molar-refractivity contribution in [1.29, 1.82) is 5.26 Å². The molecule has 0 bridgehead atoms. The van der Waals surface area contributed by atoms with E-state index in [2.05, 4.69) is 0 Å². The summed E-state index contributed by atoms with van der Waals surface area (Å²) >= 11 is 0. The summed E-state index contributed by atoms with van der Waals surface area (Å²) in [4.78, 5) is 10.5. The van der Waals surface area contributed by atoms with E-state index < -0.39 is 4.92 Å². The highest BCUT2D eigenvalue weighted by Gasteiger charge is 2.18. The minimum absolute atomic E-state index is 0.0760. The maximum atomic E-state index is 11.1. The topological polar surface area (TPSA) is 102 Å². The van der Waals surface area contributed by atoms with Gasteiger partial charge in [0.05, 0.1) is 16.6 Å². The summed E-state index contributed by atoms with van der Waals surface area (Å²) in [7, 11) is 0.